The van der Waals surface area contributed by atoms with Crippen LogP contribution in [-0.4, -0.2) is 22.4 Å². The predicted molar refractivity (Wildman–Crippen MR) is 88.2 cm³/mol. The smallest absolute Gasteiger partial charge is 0.427 e. The zero-order valence-corrected chi connectivity index (χ0v) is 15.1. The van der Waals surface area contributed by atoms with Crippen LogP contribution in [0.1, 0.15) is 11.3 Å². The Morgan fingerprint density at radius 1 is 1.31 bits per heavy atom. The second-order valence-corrected chi connectivity index (χ2v) is 6.40. The number of pyridine rings is 1. The highest BCUT2D eigenvalue weighted by Gasteiger charge is 2.31. The quantitative estimate of drug-likeness (QED) is 0.494. The highest BCUT2D eigenvalue weighted by molar-refractivity contribution is 7.99. The molecule has 1 aromatic carbocycles. The summed E-state index contributed by atoms with van der Waals surface area (Å²) in [6.07, 6.45) is -2.67. The van der Waals surface area contributed by atoms with E-state index in [0.717, 1.165) is 16.7 Å². The third-order valence-corrected chi connectivity index (χ3v) is 4.71. The molecule has 1 aliphatic heterocycles. The first-order chi connectivity index (χ1) is 11.9. The molecule has 1 N–H and O–H groups in total. The molecule has 0 unspecified atom stereocenters. The fourth-order valence-electron chi connectivity index (χ4n) is 2.79. The fourth-order valence-corrected chi connectivity index (χ4v) is 3.66. The number of nitrogens with one attached hydrogen (secondary N) is 1. The number of fused-ring (bicyclic) bond motifs is 5. The first kappa shape index (κ1) is 18.7. The van der Waals surface area contributed by atoms with Gasteiger partial charge in [0.15, 0.2) is 17.6 Å². The Morgan fingerprint density at radius 3 is 2.85 bits per heavy atom. The van der Waals surface area contributed by atoms with Gasteiger partial charge in [0.1, 0.15) is 11.4 Å². The Kier molecular flexibility index (Phi) is 4.94. The topological polar surface area (TPSA) is 43.0 Å². The van der Waals surface area contributed by atoms with Crippen LogP contribution in [0, 0.1) is 6.92 Å². The fraction of sp³-hybridized carbons (Fsp3) is 0.250. The van der Waals surface area contributed by atoms with E-state index >= 15 is 0 Å². The van der Waals surface area contributed by atoms with Crippen molar-refractivity contribution in [2.45, 2.75) is 18.9 Å². The van der Waals surface area contributed by atoms with Crippen LogP contribution in [0.5, 0.6) is 5.75 Å². The third-order valence-electron chi connectivity index (χ3n) is 3.98. The molecule has 0 fully saturated rings. The number of para-hydroxylation sites is 2. The summed E-state index contributed by atoms with van der Waals surface area (Å²) in [7, 11) is 0. The zero-order chi connectivity index (χ0) is 17.6. The van der Waals surface area contributed by atoms with Gasteiger partial charge in [0.2, 0.25) is 0 Å². The highest BCUT2D eigenvalue weighted by atomic mass is 35.5. The largest absolute Gasteiger partial charge is 1.00 e. The van der Waals surface area contributed by atoms with Gasteiger partial charge in [-0.15, -0.1) is 4.68 Å². The molecule has 0 saturated carbocycles. The number of ether oxygens (including phenoxy) is 1. The van der Waals surface area contributed by atoms with Crippen LogP contribution in [-0.2, 0) is 5.75 Å². The lowest BCUT2D eigenvalue weighted by Gasteiger charge is -2.14. The van der Waals surface area contributed by atoms with Crippen LogP contribution in [0.4, 0.5) is 13.2 Å². The van der Waals surface area contributed by atoms with Gasteiger partial charge in [0.05, 0.1) is 11.9 Å². The summed E-state index contributed by atoms with van der Waals surface area (Å²) >= 11 is 1.44. The first-order valence-electron chi connectivity index (χ1n) is 7.53. The summed E-state index contributed by atoms with van der Waals surface area (Å²) in [6, 6.07) is 9.26. The highest BCUT2D eigenvalue weighted by Crippen LogP contribution is 2.27. The number of rotatable bonds is 2. The van der Waals surface area contributed by atoms with Crippen molar-refractivity contribution in [1.29, 1.82) is 0 Å². The van der Waals surface area contributed by atoms with E-state index in [1.165, 1.54) is 11.9 Å². The number of imidazole rings is 1. The Morgan fingerprint density at radius 2 is 2.08 bits per heavy atom. The molecular formula is C16H14ClF3N4OS. The van der Waals surface area contributed by atoms with Gasteiger partial charge in [-0.25, -0.2) is 9.40 Å². The molecular weight excluding hydrogens is 389 g/mol. The summed E-state index contributed by atoms with van der Waals surface area (Å²) < 4.78 is 46.0. The monoisotopic (exact) mass is 402 g/mol. The van der Waals surface area contributed by atoms with Crippen molar-refractivity contribution in [3.8, 4) is 11.7 Å². The number of aromatic nitrogens is 3. The van der Waals surface area contributed by atoms with E-state index in [-0.39, 0.29) is 18.2 Å². The van der Waals surface area contributed by atoms with Crippen molar-refractivity contribution < 1.29 is 34.9 Å². The van der Waals surface area contributed by atoms with Gasteiger partial charge in [-0.3, -0.25) is 0 Å². The minimum atomic E-state index is -4.36. The Labute approximate surface area is 157 Å². The molecule has 1 aliphatic rings. The van der Waals surface area contributed by atoms with Crippen LogP contribution < -0.4 is 26.5 Å². The average Bonchev–Trinajstić information content (AvgIpc) is 2.82. The molecule has 138 valence electrons. The second-order valence-electron chi connectivity index (χ2n) is 5.64. The number of nitrogens with zero attached hydrogens (tertiary/aromatic N) is 3. The van der Waals surface area contributed by atoms with E-state index in [1.54, 1.807) is 19.2 Å². The molecule has 26 heavy (non-hydrogen) atoms. The van der Waals surface area contributed by atoms with Crippen LogP contribution in [0.15, 0.2) is 36.5 Å². The van der Waals surface area contributed by atoms with Gasteiger partial charge in [0, 0.05) is 11.6 Å². The number of hydrogen-bond acceptors (Lipinski definition) is 4. The summed E-state index contributed by atoms with van der Waals surface area (Å²) in [4.78, 5) is 7.87. The average molecular weight is 403 g/mol. The standard InChI is InChI=1S/C16H14F3N4OS.ClH/c1-10-13-8-25-21-23-12-5-3-2-4-11(12)20-15(23)22(13)7-6-14(10)24-9-16(17,18)19;/h2-7,21H,8-9H2,1H3;1H/q+1;/p-1. The van der Waals surface area contributed by atoms with Gasteiger partial charge in [-0.2, -0.15) is 13.2 Å². The summed E-state index contributed by atoms with van der Waals surface area (Å²) in [6.45, 7) is 0.456. The summed E-state index contributed by atoms with van der Waals surface area (Å²) in [5.74, 6) is 1.45. The van der Waals surface area contributed by atoms with E-state index in [9.17, 15) is 13.2 Å². The molecule has 0 radical (unpaired) electrons. The van der Waals surface area contributed by atoms with Gasteiger partial charge in [0.25, 0.3) is 0 Å². The summed E-state index contributed by atoms with van der Waals surface area (Å²) in [5, 5.41) is 0. The van der Waals surface area contributed by atoms with Crippen molar-refractivity contribution in [3.63, 3.8) is 0 Å². The van der Waals surface area contributed by atoms with E-state index in [0.29, 0.717) is 17.3 Å². The Bertz CT molecular complexity index is 961. The lowest BCUT2D eigenvalue weighted by molar-refractivity contribution is -0.612. The number of hydrogen-bond donors (Lipinski definition) is 1. The molecule has 0 spiro atoms. The van der Waals surface area contributed by atoms with E-state index in [4.69, 9.17) is 4.74 Å². The predicted octanol–water partition coefficient (Wildman–Crippen LogP) is 0.272. The number of benzene rings is 1. The third kappa shape index (κ3) is 3.28. The first-order valence-corrected chi connectivity index (χ1v) is 8.52. The van der Waals surface area contributed by atoms with Crippen LogP contribution >= 0.6 is 11.9 Å². The minimum absolute atomic E-state index is 0. The molecule has 0 saturated heterocycles. The molecule has 10 heteroatoms. The summed E-state index contributed by atoms with van der Waals surface area (Å²) in [5.41, 5.74) is 3.27. The van der Waals surface area contributed by atoms with Gasteiger partial charge in [-0.1, -0.05) is 17.1 Å². The van der Waals surface area contributed by atoms with Gasteiger partial charge in [-0.05, 0) is 31.0 Å². The maximum absolute atomic E-state index is 12.4. The van der Waals surface area contributed by atoms with Crippen molar-refractivity contribution in [2.75, 3.05) is 11.4 Å². The van der Waals surface area contributed by atoms with Gasteiger partial charge < -0.3 is 17.1 Å². The molecule has 0 bridgehead atoms. The van der Waals surface area contributed by atoms with Crippen molar-refractivity contribution in [1.82, 2.24) is 9.66 Å². The van der Waals surface area contributed by atoms with Crippen molar-refractivity contribution >= 4 is 23.0 Å². The molecule has 3 heterocycles. The maximum atomic E-state index is 12.4. The molecule has 2 aromatic heterocycles. The molecule has 0 atom stereocenters. The molecule has 4 rings (SSSR count). The number of halogens is 4. The van der Waals surface area contributed by atoms with Crippen molar-refractivity contribution in [3.05, 3.63) is 47.8 Å². The minimum Gasteiger partial charge on any atom is -1.00 e. The number of alkyl halides is 3. The van der Waals surface area contributed by atoms with Crippen LogP contribution in [0.3, 0.4) is 0 Å². The Hall–Kier alpha value is -2.13. The van der Waals surface area contributed by atoms with Crippen molar-refractivity contribution in [2.24, 2.45) is 0 Å². The van der Waals surface area contributed by atoms with E-state index in [2.05, 4.69) is 9.82 Å². The van der Waals surface area contributed by atoms with E-state index in [1.807, 2.05) is 33.5 Å². The van der Waals surface area contributed by atoms with Crippen LogP contribution in [0.25, 0.3) is 17.0 Å². The molecule has 3 aromatic rings. The molecule has 0 aliphatic carbocycles. The van der Waals surface area contributed by atoms with Gasteiger partial charge >= 0.3 is 12.1 Å². The Balaban J connectivity index is 0.00000196. The second kappa shape index (κ2) is 6.88. The zero-order valence-electron chi connectivity index (χ0n) is 13.5. The SMILES string of the molecule is Cc1c(OCC(F)(F)F)cc[n+]2c1CSNn1c-2nc2ccccc21.[Cl-]. The lowest BCUT2D eigenvalue weighted by Crippen LogP contribution is -3.00. The molecule has 5 nitrogen and oxygen atoms in total. The molecule has 0 amide bonds. The lowest BCUT2D eigenvalue weighted by atomic mass is 10.2. The van der Waals surface area contributed by atoms with E-state index < -0.39 is 12.8 Å². The maximum Gasteiger partial charge on any atom is 0.427 e. The normalized spacial score (nSPS) is 13.2. The van der Waals surface area contributed by atoms with Crippen LogP contribution in [0.2, 0.25) is 0 Å².